The minimum absolute atomic E-state index is 0. The number of carboxylic acids is 1. The van der Waals surface area contributed by atoms with E-state index in [0.717, 1.165) is 25.9 Å². The van der Waals surface area contributed by atoms with Crippen LogP contribution in [0.5, 0.6) is 11.5 Å². The van der Waals surface area contributed by atoms with Crippen molar-refractivity contribution in [3.8, 4) is 11.5 Å². The summed E-state index contributed by atoms with van der Waals surface area (Å²) in [6.07, 6.45) is 3.52. The van der Waals surface area contributed by atoms with Gasteiger partial charge in [-0.25, -0.2) is 9.18 Å². The summed E-state index contributed by atoms with van der Waals surface area (Å²) in [5.74, 6) is -1.81. The number of aromatic carboxylic acids is 1. The number of hydrogen-bond acceptors (Lipinski definition) is 7. The molecule has 1 fully saturated rings. The van der Waals surface area contributed by atoms with Crippen LogP contribution in [0.25, 0.3) is 10.2 Å². The maximum Gasteiger partial charge on any atom is 0.335 e. The molecule has 4 aromatic rings. The van der Waals surface area contributed by atoms with Crippen molar-refractivity contribution in [1.82, 2.24) is 15.2 Å². The number of carbonyl (C=O) groups is 3. The molecular formula is C28H24ClFN4O5S2. The first-order valence-electron chi connectivity index (χ1n) is 12.3. The highest BCUT2D eigenvalue weighted by molar-refractivity contribution is 7.80. The minimum Gasteiger partial charge on any atom is -0.478 e. The number of carboxylic acid groups (broad SMARTS) is 1. The third-order valence-corrected chi connectivity index (χ3v) is 7.54. The summed E-state index contributed by atoms with van der Waals surface area (Å²) in [7, 11) is 0. The monoisotopic (exact) mass is 614 g/mol. The van der Waals surface area contributed by atoms with Crippen molar-refractivity contribution in [2.24, 2.45) is 0 Å². The van der Waals surface area contributed by atoms with Gasteiger partial charge in [0.15, 0.2) is 16.7 Å². The Morgan fingerprint density at radius 1 is 1.05 bits per heavy atom. The van der Waals surface area contributed by atoms with Crippen molar-refractivity contribution in [2.75, 3.05) is 18.4 Å². The normalized spacial score (nSPS) is 12.5. The van der Waals surface area contributed by atoms with Crippen LogP contribution in [0.1, 0.15) is 38.4 Å². The Morgan fingerprint density at radius 3 is 2.46 bits per heavy atom. The van der Waals surface area contributed by atoms with Crippen LogP contribution in [-0.2, 0) is 11.2 Å². The third kappa shape index (κ3) is 7.15. The molecule has 0 aliphatic carbocycles. The number of carbonyl (C=O) groups excluding carboxylic acids is 2. The molecule has 0 spiro atoms. The molecule has 1 aliphatic heterocycles. The minimum atomic E-state index is -1.05. The molecule has 1 saturated heterocycles. The van der Waals surface area contributed by atoms with Crippen LogP contribution in [0.4, 0.5) is 10.1 Å². The average Bonchev–Trinajstić information content (AvgIpc) is 3.61. The van der Waals surface area contributed by atoms with E-state index in [2.05, 4.69) is 15.6 Å². The van der Waals surface area contributed by atoms with Crippen molar-refractivity contribution in [3.63, 3.8) is 0 Å². The van der Waals surface area contributed by atoms with Gasteiger partial charge in [-0.3, -0.25) is 14.6 Å². The lowest BCUT2D eigenvalue weighted by atomic mass is 10.1. The number of rotatable bonds is 7. The number of thiocarbonyl (C=S) groups is 1. The average molecular weight is 615 g/mol. The Labute approximate surface area is 249 Å². The topological polar surface area (TPSA) is 121 Å². The largest absolute Gasteiger partial charge is 0.478 e. The van der Waals surface area contributed by atoms with E-state index in [0.29, 0.717) is 32.1 Å². The van der Waals surface area contributed by atoms with Gasteiger partial charge in [0.05, 0.1) is 27.1 Å². The highest BCUT2D eigenvalue weighted by Crippen LogP contribution is 2.36. The van der Waals surface area contributed by atoms with Crippen molar-refractivity contribution >= 4 is 74.8 Å². The van der Waals surface area contributed by atoms with E-state index < -0.39 is 17.7 Å². The maximum absolute atomic E-state index is 15.0. The van der Waals surface area contributed by atoms with E-state index in [4.69, 9.17) is 22.1 Å². The number of ether oxygens (including phenoxy) is 1. The molecule has 41 heavy (non-hydrogen) atoms. The predicted molar refractivity (Wildman–Crippen MR) is 160 cm³/mol. The summed E-state index contributed by atoms with van der Waals surface area (Å²) in [5.41, 5.74) is 1.64. The van der Waals surface area contributed by atoms with Gasteiger partial charge in [0.25, 0.3) is 5.91 Å². The van der Waals surface area contributed by atoms with Crippen molar-refractivity contribution in [3.05, 3.63) is 82.6 Å². The van der Waals surface area contributed by atoms with E-state index in [1.165, 1.54) is 35.6 Å². The zero-order valence-corrected chi connectivity index (χ0v) is 23.8. The lowest BCUT2D eigenvalue weighted by molar-refractivity contribution is -0.119. The molecule has 5 rings (SSSR count). The van der Waals surface area contributed by atoms with Gasteiger partial charge in [0.1, 0.15) is 5.75 Å². The van der Waals surface area contributed by atoms with Gasteiger partial charge in [-0.1, -0.05) is 12.1 Å². The molecule has 0 saturated carbocycles. The van der Waals surface area contributed by atoms with Gasteiger partial charge < -0.3 is 25.4 Å². The molecule has 9 nitrogen and oxygen atoms in total. The van der Waals surface area contributed by atoms with Crippen LogP contribution < -0.4 is 15.4 Å². The van der Waals surface area contributed by atoms with Gasteiger partial charge in [-0.2, -0.15) is 0 Å². The van der Waals surface area contributed by atoms with Crippen LogP contribution >= 0.6 is 36.0 Å². The number of hydrogen-bond donors (Lipinski definition) is 3. The first-order chi connectivity index (χ1) is 19.3. The fourth-order valence-electron chi connectivity index (χ4n) is 4.24. The Morgan fingerprint density at radius 2 is 1.78 bits per heavy atom. The summed E-state index contributed by atoms with van der Waals surface area (Å²) >= 11 is 6.44. The highest BCUT2D eigenvalue weighted by atomic mass is 35.5. The first kappa shape index (κ1) is 29.8. The molecule has 13 heteroatoms. The first-order valence-corrected chi connectivity index (χ1v) is 13.6. The Hall–Kier alpha value is -4.13. The fraction of sp³-hybridized carbons (Fsp3) is 0.179. The van der Waals surface area contributed by atoms with E-state index in [9.17, 15) is 18.8 Å². The van der Waals surface area contributed by atoms with Gasteiger partial charge in [-0.15, -0.1) is 23.7 Å². The van der Waals surface area contributed by atoms with Crippen LogP contribution in [0.2, 0.25) is 0 Å². The Balaban J connectivity index is 0.00000387. The second-order valence-electron chi connectivity index (χ2n) is 9.06. The molecule has 2 aromatic heterocycles. The molecule has 0 bridgehead atoms. The molecule has 3 heterocycles. The number of anilines is 1. The standard InChI is InChI=1S/C28H23FN4O5S2.ClH/c29-19-14-18(31-28(39)32-24(34)13-16-3-5-17(6-4-16)27(36)37)7-8-21(19)38-22-9-10-30-20-15-23(40-25(20)22)26(35)33-11-1-2-12-33;/h3-10,14-15H,1-2,11-13H2,(H,36,37)(H2,31,32,34,39);1H. The number of thiophene rings is 1. The van der Waals surface area contributed by atoms with Crippen LogP contribution in [-0.4, -0.2) is 51.0 Å². The molecule has 2 amide bonds. The van der Waals surface area contributed by atoms with Gasteiger partial charge >= 0.3 is 5.97 Å². The molecule has 2 aromatic carbocycles. The summed E-state index contributed by atoms with van der Waals surface area (Å²) < 4.78 is 21.5. The lowest BCUT2D eigenvalue weighted by Crippen LogP contribution is -2.35. The molecule has 1 aliphatic rings. The summed E-state index contributed by atoms with van der Waals surface area (Å²) in [5, 5.41) is 14.2. The zero-order chi connectivity index (χ0) is 28.2. The predicted octanol–water partition coefficient (Wildman–Crippen LogP) is 5.64. The van der Waals surface area contributed by atoms with Crippen molar-refractivity contribution in [1.29, 1.82) is 0 Å². The molecular weight excluding hydrogens is 591 g/mol. The number of benzene rings is 2. The maximum atomic E-state index is 15.0. The van der Waals surface area contributed by atoms with Crippen LogP contribution in [0, 0.1) is 5.82 Å². The smallest absolute Gasteiger partial charge is 0.335 e. The van der Waals surface area contributed by atoms with Gasteiger partial charge in [0.2, 0.25) is 5.91 Å². The number of nitrogens with one attached hydrogen (secondary N) is 2. The summed E-state index contributed by atoms with van der Waals surface area (Å²) in [6, 6.07) is 13.4. The summed E-state index contributed by atoms with van der Waals surface area (Å²) in [6.45, 7) is 1.48. The molecule has 0 unspecified atom stereocenters. The van der Waals surface area contributed by atoms with Crippen molar-refractivity contribution in [2.45, 2.75) is 19.3 Å². The molecule has 212 valence electrons. The molecule has 0 radical (unpaired) electrons. The Kier molecular flexibility index (Phi) is 9.48. The molecule has 3 N–H and O–H groups in total. The Bertz CT molecular complexity index is 1620. The zero-order valence-electron chi connectivity index (χ0n) is 21.4. The quantitative estimate of drug-likeness (QED) is 0.229. The van der Waals surface area contributed by atoms with E-state index in [1.807, 2.05) is 4.90 Å². The van der Waals surface area contributed by atoms with Crippen molar-refractivity contribution < 1.29 is 28.6 Å². The van der Waals surface area contributed by atoms with E-state index in [-0.39, 0.29) is 41.2 Å². The van der Waals surface area contributed by atoms with Crippen LogP contribution in [0.3, 0.4) is 0 Å². The van der Waals surface area contributed by atoms with Crippen LogP contribution in [0.15, 0.2) is 60.8 Å². The lowest BCUT2D eigenvalue weighted by Gasteiger charge is -2.13. The highest BCUT2D eigenvalue weighted by Gasteiger charge is 2.23. The second kappa shape index (κ2) is 13.0. The number of aromatic nitrogens is 1. The van der Waals surface area contributed by atoms with Gasteiger partial charge in [-0.05, 0) is 61.0 Å². The summed E-state index contributed by atoms with van der Waals surface area (Å²) in [4.78, 5) is 42.8. The molecule has 0 atom stereocenters. The number of amides is 2. The number of pyridine rings is 1. The third-order valence-electron chi connectivity index (χ3n) is 6.21. The van der Waals surface area contributed by atoms with E-state index in [1.54, 1.807) is 36.5 Å². The fourth-order valence-corrected chi connectivity index (χ4v) is 5.51. The number of likely N-dealkylation sites (tertiary alicyclic amines) is 1. The number of halogens is 2. The number of fused-ring (bicyclic) bond motifs is 1. The SMILES string of the molecule is Cl.O=C(Cc1ccc(C(=O)O)cc1)NC(=S)Nc1ccc(Oc2ccnc3cc(C(=O)N4CCCC4)sc23)c(F)c1. The van der Waals surface area contributed by atoms with E-state index >= 15 is 0 Å². The second-order valence-corrected chi connectivity index (χ2v) is 10.5. The number of nitrogens with zero attached hydrogens (tertiary/aromatic N) is 2. The van der Waals surface area contributed by atoms with Gasteiger partial charge in [0, 0.05) is 37.1 Å².